The van der Waals surface area contributed by atoms with E-state index in [1.165, 1.54) is 12.3 Å². The van der Waals surface area contributed by atoms with Gasteiger partial charge in [-0.05, 0) is 74.1 Å². The second kappa shape index (κ2) is 14.5. The topological polar surface area (TPSA) is 76.2 Å². The first-order chi connectivity index (χ1) is 19.1. The molecule has 1 aromatic rings. The van der Waals surface area contributed by atoms with Gasteiger partial charge in [0.25, 0.3) is 0 Å². The van der Waals surface area contributed by atoms with Gasteiger partial charge in [0.05, 0.1) is 12.8 Å². The highest BCUT2D eigenvalue weighted by atomic mass is 32.2. The number of sulfonamides is 1. The Morgan fingerprint density at radius 2 is 1.70 bits per heavy atom. The molecule has 0 aliphatic carbocycles. The summed E-state index contributed by atoms with van der Waals surface area (Å²) < 4.78 is 39.8. The Balaban J connectivity index is 1.33. The van der Waals surface area contributed by atoms with Crippen molar-refractivity contribution in [2.45, 2.75) is 57.9 Å². The molecule has 226 valence electrons. The molecular weight excluding hydrogens is 529 g/mol. The number of carbonyl (C=O) groups is 1. The van der Waals surface area contributed by atoms with Gasteiger partial charge in [-0.1, -0.05) is 26.0 Å². The van der Waals surface area contributed by atoms with Gasteiger partial charge in [0.2, 0.25) is 15.9 Å². The molecule has 0 aromatic heterocycles. The molecule has 1 amide bonds. The van der Waals surface area contributed by atoms with E-state index in [9.17, 15) is 17.6 Å². The minimum Gasteiger partial charge on any atom is -0.338 e. The van der Waals surface area contributed by atoms with Crippen LogP contribution in [-0.2, 0) is 14.8 Å². The van der Waals surface area contributed by atoms with Crippen LogP contribution in [0.2, 0.25) is 0 Å². The molecule has 3 heterocycles. The van der Waals surface area contributed by atoms with Crippen molar-refractivity contribution >= 4 is 15.9 Å². The van der Waals surface area contributed by atoms with E-state index in [1.807, 2.05) is 6.07 Å². The first-order valence-electron chi connectivity index (χ1n) is 15.3. The van der Waals surface area contributed by atoms with Crippen LogP contribution in [0.4, 0.5) is 4.39 Å². The van der Waals surface area contributed by atoms with E-state index in [1.54, 1.807) is 16.4 Å². The Morgan fingerprint density at radius 1 is 1.02 bits per heavy atom. The Labute approximate surface area is 241 Å². The molecule has 4 rings (SSSR count). The highest BCUT2D eigenvalue weighted by molar-refractivity contribution is 7.88. The fourth-order valence-electron chi connectivity index (χ4n) is 6.80. The predicted octanol–water partition coefficient (Wildman–Crippen LogP) is 2.83. The van der Waals surface area contributed by atoms with Crippen LogP contribution in [0.1, 0.15) is 57.4 Å². The maximum atomic E-state index is 14.2. The molecule has 1 N–H and O–H groups in total. The fraction of sp³-hybridized carbons (Fsp3) is 0.767. The van der Waals surface area contributed by atoms with Gasteiger partial charge in [0.1, 0.15) is 5.82 Å². The number of halogens is 1. The standard InChI is InChI=1S/C30H50FN5O3S/c1-24(2)22-36(30(37)23-34-19-12-32-13-20-34)28-9-14-33(15-10-28)16-11-29(26-5-4-6-27(31)21-26)25-7-17-35(18-8-25)40(3,38)39/h4-6,21,24-25,28-29,32H,7-20,22-23H2,1-3H3/t29-/m1/s1. The number of carbonyl (C=O) groups excluding carboxylic acids is 1. The quantitative estimate of drug-likeness (QED) is 0.435. The minimum atomic E-state index is -3.18. The summed E-state index contributed by atoms with van der Waals surface area (Å²) in [6.45, 7) is 13.4. The average molecular weight is 580 g/mol. The summed E-state index contributed by atoms with van der Waals surface area (Å²) in [5, 5.41) is 3.36. The van der Waals surface area contributed by atoms with E-state index in [4.69, 9.17) is 0 Å². The lowest BCUT2D eigenvalue weighted by Crippen LogP contribution is -2.53. The summed E-state index contributed by atoms with van der Waals surface area (Å²) in [4.78, 5) is 20.3. The van der Waals surface area contributed by atoms with Gasteiger partial charge in [0, 0.05) is 64.9 Å². The zero-order valence-electron chi connectivity index (χ0n) is 24.7. The number of benzene rings is 1. The van der Waals surface area contributed by atoms with E-state index in [-0.39, 0.29) is 23.7 Å². The Morgan fingerprint density at radius 3 is 2.30 bits per heavy atom. The number of piperidine rings is 2. The fourth-order valence-corrected chi connectivity index (χ4v) is 7.67. The number of hydrogen-bond donors (Lipinski definition) is 1. The van der Waals surface area contributed by atoms with Crippen molar-refractivity contribution in [1.82, 2.24) is 24.3 Å². The minimum absolute atomic E-state index is 0.202. The lowest BCUT2D eigenvalue weighted by atomic mass is 9.78. The molecule has 10 heteroatoms. The highest BCUT2D eigenvalue weighted by Gasteiger charge is 2.33. The van der Waals surface area contributed by atoms with Gasteiger partial charge < -0.3 is 15.1 Å². The van der Waals surface area contributed by atoms with Gasteiger partial charge >= 0.3 is 0 Å². The SMILES string of the molecule is CC(C)CN(C(=O)CN1CCNCC1)C1CCN(CC[C@@H](c2cccc(F)c2)C2CCN(S(C)(=O)=O)CC2)CC1. The largest absolute Gasteiger partial charge is 0.338 e. The number of piperazine rings is 1. The molecule has 0 spiro atoms. The maximum absolute atomic E-state index is 14.2. The van der Waals surface area contributed by atoms with Crippen LogP contribution in [0, 0.1) is 17.7 Å². The number of likely N-dealkylation sites (tertiary alicyclic amines) is 1. The number of amides is 1. The summed E-state index contributed by atoms with van der Waals surface area (Å²) in [6, 6.07) is 7.25. The van der Waals surface area contributed by atoms with Crippen LogP contribution in [0.25, 0.3) is 0 Å². The van der Waals surface area contributed by atoms with Crippen molar-refractivity contribution in [3.63, 3.8) is 0 Å². The predicted molar refractivity (Wildman–Crippen MR) is 158 cm³/mol. The van der Waals surface area contributed by atoms with Crippen LogP contribution >= 0.6 is 0 Å². The van der Waals surface area contributed by atoms with Crippen LogP contribution in [-0.4, -0.2) is 118 Å². The molecular formula is C30H50FN5O3S. The number of nitrogens with zero attached hydrogens (tertiary/aromatic N) is 4. The second-order valence-corrected chi connectivity index (χ2v) is 14.5. The van der Waals surface area contributed by atoms with Gasteiger partial charge in [-0.15, -0.1) is 0 Å². The molecule has 3 saturated heterocycles. The van der Waals surface area contributed by atoms with Gasteiger partial charge in [-0.2, -0.15) is 0 Å². The van der Waals surface area contributed by atoms with Crippen molar-refractivity contribution in [3.05, 3.63) is 35.6 Å². The molecule has 3 aliphatic rings. The molecule has 3 aliphatic heterocycles. The van der Waals surface area contributed by atoms with Crippen LogP contribution in [0.5, 0.6) is 0 Å². The third kappa shape index (κ3) is 8.95. The van der Waals surface area contributed by atoms with E-state index >= 15 is 0 Å². The third-order valence-corrected chi connectivity index (χ3v) is 10.3. The molecule has 0 saturated carbocycles. The van der Waals surface area contributed by atoms with Crippen molar-refractivity contribution in [3.8, 4) is 0 Å². The number of rotatable bonds is 11. The molecule has 8 nitrogen and oxygen atoms in total. The van der Waals surface area contributed by atoms with E-state index < -0.39 is 10.0 Å². The molecule has 0 bridgehead atoms. The van der Waals surface area contributed by atoms with Gasteiger partial charge in [-0.25, -0.2) is 17.1 Å². The first kappa shape index (κ1) is 31.3. The second-order valence-electron chi connectivity index (χ2n) is 12.5. The van der Waals surface area contributed by atoms with E-state index in [0.29, 0.717) is 31.5 Å². The number of nitrogens with one attached hydrogen (secondary N) is 1. The Hall–Kier alpha value is -1.59. The molecule has 1 atom stereocenters. The molecule has 3 fully saturated rings. The van der Waals surface area contributed by atoms with Gasteiger partial charge in [-0.3, -0.25) is 9.69 Å². The zero-order chi connectivity index (χ0) is 28.7. The van der Waals surface area contributed by atoms with E-state index in [0.717, 1.165) is 90.0 Å². The monoisotopic (exact) mass is 579 g/mol. The lowest BCUT2D eigenvalue weighted by molar-refractivity contribution is -0.136. The van der Waals surface area contributed by atoms with E-state index in [2.05, 4.69) is 33.9 Å². The third-order valence-electron chi connectivity index (χ3n) is 9.02. The van der Waals surface area contributed by atoms with Crippen molar-refractivity contribution in [1.29, 1.82) is 0 Å². The summed E-state index contributed by atoms with van der Waals surface area (Å²) in [5.74, 6) is 1.02. The van der Waals surface area contributed by atoms with Crippen molar-refractivity contribution < 1.29 is 17.6 Å². The Bertz CT molecular complexity index is 1050. The lowest BCUT2D eigenvalue weighted by Gasteiger charge is -2.41. The smallest absolute Gasteiger partial charge is 0.237 e. The van der Waals surface area contributed by atoms with Crippen LogP contribution in [0.15, 0.2) is 24.3 Å². The maximum Gasteiger partial charge on any atom is 0.237 e. The average Bonchev–Trinajstić information content (AvgIpc) is 2.92. The van der Waals surface area contributed by atoms with Crippen molar-refractivity contribution in [2.75, 3.05) is 78.2 Å². The molecule has 1 aromatic carbocycles. The van der Waals surface area contributed by atoms with Crippen LogP contribution in [0.3, 0.4) is 0 Å². The summed E-state index contributed by atoms with van der Waals surface area (Å²) >= 11 is 0. The van der Waals surface area contributed by atoms with Crippen molar-refractivity contribution in [2.24, 2.45) is 11.8 Å². The summed E-state index contributed by atoms with van der Waals surface area (Å²) in [6.07, 6.45) is 5.78. The molecule has 40 heavy (non-hydrogen) atoms. The first-order valence-corrected chi connectivity index (χ1v) is 17.1. The highest BCUT2D eigenvalue weighted by Crippen LogP contribution is 2.36. The molecule has 0 unspecified atom stereocenters. The Kier molecular flexibility index (Phi) is 11.4. The molecule has 0 radical (unpaired) electrons. The summed E-state index contributed by atoms with van der Waals surface area (Å²) in [7, 11) is -3.18. The normalized spacial score (nSPS) is 22.0. The van der Waals surface area contributed by atoms with Crippen LogP contribution < -0.4 is 5.32 Å². The zero-order valence-corrected chi connectivity index (χ0v) is 25.5. The summed E-state index contributed by atoms with van der Waals surface area (Å²) in [5.41, 5.74) is 1.02. The number of hydrogen-bond acceptors (Lipinski definition) is 6. The van der Waals surface area contributed by atoms with Gasteiger partial charge in [0.15, 0.2) is 0 Å².